The Morgan fingerprint density at radius 1 is 1.05 bits per heavy atom. The fourth-order valence-electron chi connectivity index (χ4n) is 2.37. The quantitative estimate of drug-likeness (QED) is 0.470. The van der Waals surface area contributed by atoms with Crippen molar-refractivity contribution < 1.29 is 14.3 Å². The van der Waals surface area contributed by atoms with Gasteiger partial charge in [-0.25, -0.2) is 4.79 Å². The van der Waals surface area contributed by atoms with Crippen LogP contribution in [0.25, 0.3) is 0 Å². The second kappa shape index (κ2) is 9.86. The maximum atomic E-state index is 12.5. The highest BCUT2D eigenvalue weighted by Crippen LogP contribution is 2.17. The SMILES string of the molecule is CCCCCCC(=O)N(C(C)CC)C(C)C(=O)OC(C)(C)C. The molecule has 0 aliphatic rings. The highest BCUT2D eigenvalue weighted by atomic mass is 16.6. The molecule has 1 amide bonds. The predicted molar refractivity (Wildman–Crippen MR) is 90.7 cm³/mol. The highest BCUT2D eigenvalue weighted by Gasteiger charge is 2.31. The first-order valence-electron chi connectivity index (χ1n) is 8.68. The number of hydrogen-bond donors (Lipinski definition) is 0. The third-order valence-electron chi connectivity index (χ3n) is 3.76. The number of rotatable bonds is 9. The van der Waals surface area contributed by atoms with Gasteiger partial charge in [0, 0.05) is 12.5 Å². The normalized spacial score (nSPS) is 14.3. The van der Waals surface area contributed by atoms with E-state index in [1.165, 1.54) is 0 Å². The fraction of sp³-hybridized carbons (Fsp3) is 0.889. The molecule has 0 bridgehead atoms. The van der Waals surface area contributed by atoms with Crippen molar-refractivity contribution >= 4 is 11.9 Å². The zero-order valence-electron chi connectivity index (χ0n) is 15.6. The van der Waals surface area contributed by atoms with Gasteiger partial charge >= 0.3 is 5.97 Å². The molecule has 4 nitrogen and oxygen atoms in total. The van der Waals surface area contributed by atoms with Gasteiger partial charge in [0.15, 0.2) is 0 Å². The van der Waals surface area contributed by atoms with E-state index in [0.29, 0.717) is 6.42 Å². The first-order chi connectivity index (χ1) is 10.1. The molecule has 0 aliphatic heterocycles. The Morgan fingerprint density at radius 3 is 2.09 bits per heavy atom. The van der Waals surface area contributed by atoms with Crippen LogP contribution in [0, 0.1) is 0 Å². The summed E-state index contributed by atoms with van der Waals surface area (Å²) in [6, 6.07) is -0.492. The Balaban J connectivity index is 4.81. The lowest BCUT2D eigenvalue weighted by molar-refractivity contribution is -0.165. The van der Waals surface area contributed by atoms with E-state index in [1.54, 1.807) is 11.8 Å². The van der Waals surface area contributed by atoms with E-state index < -0.39 is 11.6 Å². The summed E-state index contributed by atoms with van der Waals surface area (Å²) in [4.78, 5) is 26.5. The van der Waals surface area contributed by atoms with Crippen LogP contribution in [0.3, 0.4) is 0 Å². The van der Waals surface area contributed by atoms with Crippen LogP contribution in [0.5, 0.6) is 0 Å². The van der Waals surface area contributed by atoms with Gasteiger partial charge in [-0.3, -0.25) is 4.79 Å². The molecule has 0 heterocycles. The summed E-state index contributed by atoms with van der Waals surface area (Å²) in [5.41, 5.74) is -0.531. The van der Waals surface area contributed by atoms with Gasteiger partial charge < -0.3 is 9.64 Å². The van der Waals surface area contributed by atoms with E-state index in [0.717, 1.165) is 32.1 Å². The summed E-state index contributed by atoms with van der Waals surface area (Å²) < 4.78 is 5.44. The molecule has 0 saturated carbocycles. The van der Waals surface area contributed by atoms with Crippen LogP contribution in [0.4, 0.5) is 0 Å². The molecule has 0 aliphatic carbocycles. The Bertz CT molecular complexity index is 347. The van der Waals surface area contributed by atoms with Crippen LogP contribution in [0.2, 0.25) is 0 Å². The van der Waals surface area contributed by atoms with Gasteiger partial charge in [0.2, 0.25) is 5.91 Å². The molecule has 2 atom stereocenters. The minimum absolute atomic E-state index is 0.0428. The highest BCUT2D eigenvalue weighted by molar-refractivity contribution is 5.84. The number of amides is 1. The number of hydrogen-bond acceptors (Lipinski definition) is 3. The van der Waals surface area contributed by atoms with E-state index in [9.17, 15) is 9.59 Å². The number of esters is 1. The number of ether oxygens (including phenoxy) is 1. The summed E-state index contributed by atoms with van der Waals surface area (Å²) >= 11 is 0. The van der Waals surface area contributed by atoms with E-state index in [-0.39, 0.29) is 17.9 Å². The first-order valence-corrected chi connectivity index (χ1v) is 8.68. The zero-order chi connectivity index (χ0) is 17.3. The number of unbranched alkanes of at least 4 members (excludes halogenated alkanes) is 3. The van der Waals surface area contributed by atoms with E-state index in [1.807, 2.05) is 34.6 Å². The van der Waals surface area contributed by atoms with Gasteiger partial charge in [-0.05, 0) is 47.5 Å². The molecular weight excluding hydrogens is 278 g/mol. The van der Waals surface area contributed by atoms with Crippen molar-refractivity contribution in [3.63, 3.8) is 0 Å². The van der Waals surface area contributed by atoms with Crippen molar-refractivity contribution in [3.8, 4) is 0 Å². The lowest BCUT2D eigenvalue weighted by Crippen LogP contribution is -2.49. The molecule has 0 N–H and O–H groups in total. The summed E-state index contributed by atoms with van der Waals surface area (Å²) in [6.07, 6.45) is 5.60. The van der Waals surface area contributed by atoms with Crippen molar-refractivity contribution in [1.82, 2.24) is 4.90 Å². The van der Waals surface area contributed by atoms with Crippen molar-refractivity contribution in [2.24, 2.45) is 0 Å². The van der Waals surface area contributed by atoms with Crippen LogP contribution in [0.15, 0.2) is 0 Å². The third kappa shape index (κ3) is 7.81. The molecule has 0 aromatic carbocycles. The minimum atomic E-state index is -0.534. The van der Waals surface area contributed by atoms with Crippen LogP contribution in [-0.2, 0) is 14.3 Å². The van der Waals surface area contributed by atoms with E-state index >= 15 is 0 Å². The maximum Gasteiger partial charge on any atom is 0.329 e. The number of nitrogens with zero attached hydrogens (tertiary/aromatic N) is 1. The molecule has 2 unspecified atom stereocenters. The lowest BCUT2D eigenvalue weighted by Gasteiger charge is -2.34. The fourth-order valence-corrected chi connectivity index (χ4v) is 2.37. The van der Waals surface area contributed by atoms with Gasteiger partial charge in [-0.1, -0.05) is 33.1 Å². The second-order valence-corrected chi connectivity index (χ2v) is 7.08. The van der Waals surface area contributed by atoms with Crippen LogP contribution >= 0.6 is 0 Å². The molecule has 0 aromatic heterocycles. The summed E-state index contributed by atoms with van der Waals surface area (Å²) in [6.45, 7) is 13.5. The van der Waals surface area contributed by atoms with Crippen LogP contribution < -0.4 is 0 Å². The summed E-state index contributed by atoms with van der Waals surface area (Å²) in [5.74, 6) is -0.265. The van der Waals surface area contributed by atoms with Crippen molar-refractivity contribution in [2.45, 2.75) is 105 Å². The molecule has 0 spiro atoms. The lowest BCUT2D eigenvalue weighted by atomic mass is 10.1. The summed E-state index contributed by atoms with van der Waals surface area (Å²) in [5, 5.41) is 0. The molecule has 0 radical (unpaired) electrons. The van der Waals surface area contributed by atoms with Gasteiger partial charge in [0.1, 0.15) is 11.6 Å². The van der Waals surface area contributed by atoms with Gasteiger partial charge in [-0.2, -0.15) is 0 Å². The standard InChI is InChI=1S/C18H35NO3/c1-8-10-11-12-13-16(20)19(14(3)9-2)15(4)17(21)22-18(5,6)7/h14-15H,8-13H2,1-7H3. The first kappa shape index (κ1) is 20.9. The van der Waals surface area contributed by atoms with E-state index in [4.69, 9.17) is 4.74 Å². The molecule has 0 fully saturated rings. The molecule has 0 rings (SSSR count). The average molecular weight is 313 g/mol. The largest absolute Gasteiger partial charge is 0.458 e. The van der Waals surface area contributed by atoms with E-state index in [2.05, 4.69) is 6.92 Å². The molecular formula is C18H35NO3. The third-order valence-corrected chi connectivity index (χ3v) is 3.76. The van der Waals surface area contributed by atoms with Gasteiger partial charge in [0.25, 0.3) is 0 Å². The number of carbonyl (C=O) groups excluding carboxylic acids is 2. The number of carbonyl (C=O) groups is 2. The molecule has 0 aromatic rings. The zero-order valence-corrected chi connectivity index (χ0v) is 15.6. The smallest absolute Gasteiger partial charge is 0.329 e. The van der Waals surface area contributed by atoms with Crippen LogP contribution in [0.1, 0.15) is 87.0 Å². The van der Waals surface area contributed by atoms with Gasteiger partial charge in [0.05, 0.1) is 0 Å². The topological polar surface area (TPSA) is 46.6 Å². The Hall–Kier alpha value is -1.06. The predicted octanol–water partition coefficient (Wildman–Crippen LogP) is 4.31. The van der Waals surface area contributed by atoms with Crippen molar-refractivity contribution in [1.29, 1.82) is 0 Å². The Kier molecular flexibility index (Phi) is 9.38. The molecule has 4 heteroatoms. The van der Waals surface area contributed by atoms with Crippen molar-refractivity contribution in [3.05, 3.63) is 0 Å². The molecule has 0 saturated heterocycles. The van der Waals surface area contributed by atoms with Crippen molar-refractivity contribution in [2.75, 3.05) is 0 Å². The molecule has 130 valence electrons. The monoisotopic (exact) mass is 313 g/mol. The Labute approximate surface area is 136 Å². The summed E-state index contributed by atoms with van der Waals surface area (Å²) in [7, 11) is 0. The molecule has 22 heavy (non-hydrogen) atoms. The van der Waals surface area contributed by atoms with Crippen LogP contribution in [-0.4, -0.2) is 34.5 Å². The average Bonchev–Trinajstić information content (AvgIpc) is 2.41. The minimum Gasteiger partial charge on any atom is -0.458 e. The maximum absolute atomic E-state index is 12.5. The van der Waals surface area contributed by atoms with Gasteiger partial charge in [-0.15, -0.1) is 0 Å². The Morgan fingerprint density at radius 2 is 1.64 bits per heavy atom. The second-order valence-electron chi connectivity index (χ2n) is 7.08.